The first-order valence-corrected chi connectivity index (χ1v) is 10.3. The van der Waals surface area contributed by atoms with E-state index in [1.54, 1.807) is 6.08 Å². The van der Waals surface area contributed by atoms with Crippen LogP contribution in [0.5, 0.6) is 0 Å². The van der Waals surface area contributed by atoms with Gasteiger partial charge in [-0.2, -0.15) is 0 Å². The van der Waals surface area contributed by atoms with Crippen molar-refractivity contribution in [2.45, 2.75) is 65.7 Å². The number of nitrogens with one attached hydrogen (secondary N) is 3. The number of allylic oxidation sites excluding steroid dienone is 3. The maximum absolute atomic E-state index is 11.9. The fourth-order valence-electron chi connectivity index (χ4n) is 2.44. The van der Waals surface area contributed by atoms with Gasteiger partial charge in [-0.1, -0.05) is 24.1 Å². The molecule has 0 atom stereocenters. The second kappa shape index (κ2) is 18.6. The molecule has 5 heteroatoms. The van der Waals surface area contributed by atoms with E-state index >= 15 is 0 Å². The fraction of sp³-hybridized carbons (Fsp3) is 0.762. The number of hydrogen-bond acceptors (Lipinski definition) is 4. The Morgan fingerprint density at radius 1 is 0.885 bits per heavy atom. The third-order valence-corrected chi connectivity index (χ3v) is 4.31. The zero-order chi connectivity index (χ0) is 19.5. The Kier molecular flexibility index (Phi) is 17.8. The summed E-state index contributed by atoms with van der Waals surface area (Å²) in [6.07, 6.45) is 11.4. The van der Waals surface area contributed by atoms with Crippen molar-refractivity contribution in [2.75, 3.05) is 39.3 Å². The van der Waals surface area contributed by atoms with E-state index < -0.39 is 0 Å². The van der Waals surface area contributed by atoms with Crippen molar-refractivity contribution in [3.8, 4) is 0 Å². The van der Waals surface area contributed by atoms with Gasteiger partial charge in [-0.25, -0.2) is 0 Å². The van der Waals surface area contributed by atoms with E-state index in [1.807, 2.05) is 6.92 Å². The molecule has 0 radical (unpaired) electrons. The Balaban J connectivity index is 3.49. The SMILES string of the molecule is CC/C(C)=C/CC/C(C)=C/C(=O)NCCCNCCCCNCCCN. The lowest BCUT2D eigenvalue weighted by Gasteiger charge is -2.07. The molecule has 0 bridgehead atoms. The molecule has 0 saturated carbocycles. The van der Waals surface area contributed by atoms with Crippen LogP contribution in [0.15, 0.2) is 23.3 Å². The predicted molar refractivity (Wildman–Crippen MR) is 113 cm³/mol. The van der Waals surface area contributed by atoms with E-state index in [-0.39, 0.29) is 5.91 Å². The van der Waals surface area contributed by atoms with Crippen LogP contribution in [0.2, 0.25) is 0 Å². The van der Waals surface area contributed by atoms with Gasteiger partial charge in [-0.3, -0.25) is 4.79 Å². The predicted octanol–water partition coefficient (Wildman–Crippen LogP) is 2.88. The van der Waals surface area contributed by atoms with Crippen LogP contribution in [-0.4, -0.2) is 45.2 Å². The molecular formula is C21H42N4O. The summed E-state index contributed by atoms with van der Waals surface area (Å²) in [5.74, 6) is 0.0299. The Morgan fingerprint density at radius 2 is 1.50 bits per heavy atom. The van der Waals surface area contributed by atoms with Crippen molar-refractivity contribution in [3.63, 3.8) is 0 Å². The molecule has 0 aliphatic rings. The first kappa shape index (κ1) is 24.8. The monoisotopic (exact) mass is 366 g/mol. The van der Waals surface area contributed by atoms with Crippen molar-refractivity contribution in [3.05, 3.63) is 23.3 Å². The third-order valence-electron chi connectivity index (χ3n) is 4.31. The summed E-state index contributed by atoms with van der Waals surface area (Å²) < 4.78 is 0. The maximum atomic E-state index is 11.9. The van der Waals surface area contributed by atoms with E-state index in [9.17, 15) is 4.79 Å². The number of unbranched alkanes of at least 4 members (excludes halogenated alkanes) is 1. The number of amides is 1. The van der Waals surface area contributed by atoms with Crippen molar-refractivity contribution < 1.29 is 4.79 Å². The average molecular weight is 367 g/mol. The molecule has 0 aromatic rings. The minimum Gasteiger partial charge on any atom is -0.353 e. The second-order valence-electron chi connectivity index (χ2n) is 6.93. The molecule has 152 valence electrons. The summed E-state index contributed by atoms with van der Waals surface area (Å²) in [5, 5.41) is 9.77. The molecule has 0 aliphatic heterocycles. The van der Waals surface area contributed by atoms with Crippen LogP contribution >= 0.6 is 0 Å². The molecule has 5 nitrogen and oxygen atoms in total. The lowest BCUT2D eigenvalue weighted by atomic mass is 10.1. The molecule has 0 spiro atoms. The third kappa shape index (κ3) is 17.6. The van der Waals surface area contributed by atoms with Gasteiger partial charge in [0.15, 0.2) is 0 Å². The van der Waals surface area contributed by atoms with Gasteiger partial charge in [-0.15, -0.1) is 0 Å². The van der Waals surface area contributed by atoms with Crippen LogP contribution in [0.3, 0.4) is 0 Å². The van der Waals surface area contributed by atoms with Crippen molar-refractivity contribution in [1.82, 2.24) is 16.0 Å². The Labute approximate surface area is 161 Å². The molecule has 0 aliphatic carbocycles. The Hall–Kier alpha value is -1.17. The Morgan fingerprint density at radius 3 is 2.12 bits per heavy atom. The van der Waals surface area contributed by atoms with E-state index in [1.165, 1.54) is 18.4 Å². The van der Waals surface area contributed by atoms with Gasteiger partial charge in [-0.05, 0) is 91.5 Å². The van der Waals surface area contributed by atoms with Crippen molar-refractivity contribution in [2.24, 2.45) is 5.73 Å². The van der Waals surface area contributed by atoms with E-state index in [0.29, 0.717) is 0 Å². The number of carbonyl (C=O) groups is 1. The molecule has 26 heavy (non-hydrogen) atoms. The molecular weight excluding hydrogens is 324 g/mol. The minimum atomic E-state index is 0.0299. The molecule has 1 amide bonds. The summed E-state index contributed by atoms with van der Waals surface area (Å²) >= 11 is 0. The Bertz CT molecular complexity index is 405. The maximum Gasteiger partial charge on any atom is 0.243 e. The molecule has 0 unspecified atom stereocenters. The van der Waals surface area contributed by atoms with Crippen LogP contribution in [0.4, 0.5) is 0 Å². The largest absolute Gasteiger partial charge is 0.353 e. The molecule has 0 heterocycles. The highest BCUT2D eigenvalue weighted by Crippen LogP contribution is 2.08. The molecule has 0 rings (SSSR count). The standard InChI is InChI=1S/C21H42N4O/c1-4-19(2)10-7-11-20(3)18-21(26)25-17-9-16-24-14-6-5-13-23-15-8-12-22/h10,18,23-24H,4-9,11-17,22H2,1-3H3,(H,25,26)/b19-10+,20-18+. The lowest BCUT2D eigenvalue weighted by molar-refractivity contribution is -0.116. The summed E-state index contributed by atoms with van der Waals surface area (Å²) in [6, 6.07) is 0. The average Bonchev–Trinajstić information content (AvgIpc) is 2.62. The lowest BCUT2D eigenvalue weighted by Crippen LogP contribution is -2.26. The van der Waals surface area contributed by atoms with Gasteiger partial charge in [0.05, 0.1) is 0 Å². The summed E-state index contributed by atoms with van der Waals surface area (Å²) in [4.78, 5) is 11.9. The highest BCUT2D eigenvalue weighted by molar-refractivity contribution is 5.88. The van der Waals surface area contributed by atoms with Crippen LogP contribution in [0, 0.1) is 0 Å². The zero-order valence-electron chi connectivity index (χ0n) is 17.3. The molecule has 5 N–H and O–H groups in total. The number of nitrogens with two attached hydrogens (primary N) is 1. The van der Waals surface area contributed by atoms with Crippen LogP contribution in [-0.2, 0) is 4.79 Å². The van der Waals surface area contributed by atoms with E-state index in [4.69, 9.17) is 5.73 Å². The molecule has 0 aromatic heterocycles. The topological polar surface area (TPSA) is 79.2 Å². The number of carbonyl (C=O) groups excluding carboxylic acids is 1. The first-order valence-electron chi connectivity index (χ1n) is 10.3. The van der Waals surface area contributed by atoms with Crippen LogP contribution in [0.25, 0.3) is 0 Å². The van der Waals surface area contributed by atoms with Gasteiger partial charge < -0.3 is 21.7 Å². The van der Waals surface area contributed by atoms with Crippen LogP contribution in [0.1, 0.15) is 65.7 Å². The van der Waals surface area contributed by atoms with E-state index in [2.05, 4.69) is 35.9 Å². The van der Waals surface area contributed by atoms with Crippen LogP contribution < -0.4 is 21.7 Å². The highest BCUT2D eigenvalue weighted by atomic mass is 16.1. The summed E-state index contributed by atoms with van der Waals surface area (Å²) in [7, 11) is 0. The molecule has 0 aromatic carbocycles. The van der Waals surface area contributed by atoms with Crippen molar-refractivity contribution in [1.29, 1.82) is 0 Å². The zero-order valence-corrected chi connectivity index (χ0v) is 17.3. The van der Waals surface area contributed by atoms with Gasteiger partial charge in [0.25, 0.3) is 0 Å². The molecule has 0 saturated heterocycles. The molecule has 0 fully saturated rings. The van der Waals surface area contributed by atoms with Gasteiger partial charge in [0.1, 0.15) is 0 Å². The van der Waals surface area contributed by atoms with Gasteiger partial charge >= 0.3 is 0 Å². The fourth-order valence-corrected chi connectivity index (χ4v) is 2.44. The highest BCUT2D eigenvalue weighted by Gasteiger charge is 1.98. The minimum absolute atomic E-state index is 0.0299. The smallest absolute Gasteiger partial charge is 0.243 e. The quantitative estimate of drug-likeness (QED) is 0.181. The van der Waals surface area contributed by atoms with Crippen molar-refractivity contribution >= 4 is 5.91 Å². The second-order valence-corrected chi connectivity index (χ2v) is 6.93. The normalized spacial score (nSPS) is 12.5. The van der Waals surface area contributed by atoms with E-state index in [0.717, 1.165) is 76.9 Å². The number of rotatable bonds is 17. The number of hydrogen-bond donors (Lipinski definition) is 4. The van der Waals surface area contributed by atoms with Gasteiger partial charge in [0, 0.05) is 12.6 Å². The summed E-state index contributed by atoms with van der Waals surface area (Å²) in [6.45, 7) is 11.9. The van der Waals surface area contributed by atoms with Gasteiger partial charge in [0.2, 0.25) is 5.91 Å². The summed E-state index contributed by atoms with van der Waals surface area (Å²) in [5.41, 5.74) is 8.00. The first-order chi connectivity index (χ1) is 12.6.